The van der Waals surface area contributed by atoms with Gasteiger partial charge in [0.2, 0.25) is 0 Å². The van der Waals surface area contributed by atoms with Crippen LogP contribution in [0.2, 0.25) is 0 Å². The molecule has 0 aromatic heterocycles. The van der Waals surface area contributed by atoms with Crippen molar-refractivity contribution in [1.82, 2.24) is 4.90 Å². The standard InChI is InChI=1S/C21H25N/c1-2-14-22-15-8-13-19-20(16-9-4-3-5-10-16)17-11-6-7-12-18(17)21(19)22/h3-7,9-12,19-21H,2,8,13-15H2,1H3. The Balaban J connectivity index is 1.80. The number of fused-ring (bicyclic) bond motifs is 3. The zero-order chi connectivity index (χ0) is 14.9. The SMILES string of the molecule is CCCN1CCCC2C(c3ccccc3)c3ccccc3C21. The molecule has 1 aliphatic carbocycles. The summed E-state index contributed by atoms with van der Waals surface area (Å²) in [7, 11) is 0. The minimum absolute atomic E-state index is 0.585. The first-order valence-corrected chi connectivity index (χ1v) is 8.78. The van der Waals surface area contributed by atoms with Gasteiger partial charge in [0.05, 0.1) is 0 Å². The molecule has 4 rings (SSSR count). The first-order chi connectivity index (χ1) is 10.9. The summed E-state index contributed by atoms with van der Waals surface area (Å²) in [5.74, 6) is 1.34. The third kappa shape index (κ3) is 2.19. The van der Waals surface area contributed by atoms with Gasteiger partial charge in [0, 0.05) is 12.0 Å². The van der Waals surface area contributed by atoms with Crippen LogP contribution in [0.25, 0.3) is 0 Å². The Morgan fingerprint density at radius 1 is 0.955 bits per heavy atom. The second kappa shape index (κ2) is 5.89. The van der Waals surface area contributed by atoms with E-state index in [1.165, 1.54) is 37.9 Å². The lowest BCUT2D eigenvalue weighted by molar-refractivity contribution is 0.0978. The van der Waals surface area contributed by atoms with Crippen LogP contribution >= 0.6 is 0 Å². The lowest BCUT2D eigenvalue weighted by atomic mass is 9.80. The van der Waals surface area contributed by atoms with Gasteiger partial charge in [-0.3, -0.25) is 4.90 Å². The number of hydrogen-bond donors (Lipinski definition) is 0. The van der Waals surface area contributed by atoms with Crippen LogP contribution in [0, 0.1) is 5.92 Å². The molecule has 2 aromatic carbocycles. The molecule has 3 unspecified atom stereocenters. The number of likely N-dealkylation sites (tertiary alicyclic amines) is 1. The summed E-state index contributed by atoms with van der Waals surface area (Å²) < 4.78 is 0. The monoisotopic (exact) mass is 291 g/mol. The van der Waals surface area contributed by atoms with Crippen molar-refractivity contribution in [1.29, 1.82) is 0 Å². The molecule has 0 N–H and O–H groups in total. The fourth-order valence-corrected chi connectivity index (χ4v) is 4.79. The third-order valence-corrected chi connectivity index (χ3v) is 5.53. The number of nitrogens with zero attached hydrogens (tertiary/aromatic N) is 1. The zero-order valence-electron chi connectivity index (χ0n) is 13.4. The molecule has 0 radical (unpaired) electrons. The lowest BCUT2D eigenvalue weighted by Gasteiger charge is -2.39. The maximum atomic E-state index is 2.75. The van der Waals surface area contributed by atoms with Crippen LogP contribution in [-0.4, -0.2) is 18.0 Å². The normalized spacial score (nSPS) is 27.4. The Morgan fingerprint density at radius 3 is 2.45 bits per heavy atom. The van der Waals surface area contributed by atoms with Crippen LogP contribution in [-0.2, 0) is 0 Å². The molecule has 0 spiro atoms. The molecule has 1 aliphatic heterocycles. The highest BCUT2D eigenvalue weighted by Crippen LogP contribution is 2.54. The van der Waals surface area contributed by atoms with Crippen molar-refractivity contribution in [3.8, 4) is 0 Å². The molecule has 1 heterocycles. The van der Waals surface area contributed by atoms with E-state index < -0.39 is 0 Å². The molecular formula is C21H25N. The van der Waals surface area contributed by atoms with Crippen LogP contribution in [0.1, 0.15) is 54.8 Å². The van der Waals surface area contributed by atoms with E-state index in [0.29, 0.717) is 12.0 Å². The summed E-state index contributed by atoms with van der Waals surface area (Å²) in [6.45, 7) is 4.81. The van der Waals surface area contributed by atoms with Gasteiger partial charge < -0.3 is 0 Å². The molecule has 0 amide bonds. The van der Waals surface area contributed by atoms with Gasteiger partial charge in [-0.15, -0.1) is 0 Å². The average Bonchev–Trinajstić information content (AvgIpc) is 2.91. The van der Waals surface area contributed by atoms with E-state index in [9.17, 15) is 0 Å². The van der Waals surface area contributed by atoms with E-state index in [4.69, 9.17) is 0 Å². The molecule has 0 saturated carbocycles. The number of hydrogen-bond acceptors (Lipinski definition) is 1. The molecule has 2 aromatic rings. The van der Waals surface area contributed by atoms with Crippen molar-refractivity contribution in [3.63, 3.8) is 0 Å². The fraction of sp³-hybridized carbons (Fsp3) is 0.429. The van der Waals surface area contributed by atoms with E-state index in [1.54, 1.807) is 11.1 Å². The van der Waals surface area contributed by atoms with Gasteiger partial charge in [0.25, 0.3) is 0 Å². The van der Waals surface area contributed by atoms with E-state index in [1.807, 2.05) is 0 Å². The molecule has 114 valence electrons. The quantitative estimate of drug-likeness (QED) is 0.769. The first kappa shape index (κ1) is 14.0. The molecule has 1 nitrogen and oxygen atoms in total. The third-order valence-electron chi connectivity index (χ3n) is 5.53. The minimum atomic E-state index is 0.585. The molecule has 1 saturated heterocycles. The van der Waals surface area contributed by atoms with Crippen molar-refractivity contribution in [2.24, 2.45) is 5.92 Å². The molecule has 2 aliphatic rings. The molecule has 3 atom stereocenters. The highest BCUT2D eigenvalue weighted by Gasteiger charge is 2.45. The van der Waals surface area contributed by atoms with Gasteiger partial charge in [-0.2, -0.15) is 0 Å². The summed E-state index contributed by atoms with van der Waals surface area (Å²) in [5, 5.41) is 0. The highest BCUT2D eigenvalue weighted by molar-refractivity contribution is 5.46. The van der Waals surface area contributed by atoms with E-state index in [0.717, 1.165) is 5.92 Å². The van der Waals surface area contributed by atoms with Crippen LogP contribution in [0.3, 0.4) is 0 Å². The average molecular weight is 291 g/mol. The second-order valence-electron chi connectivity index (χ2n) is 6.80. The van der Waals surface area contributed by atoms with E-state index >= 15 is 0 Å². The van der Waals surface area contributed by atoms with Gasteiger partial charge >= 0.3 is 0 Å². The molecule has 0 bridgehead atoms. The van der Waals surface area contributed by atoms with Crippen molar-refractivity contribution >= 4 is 0 Å². The topological polar surface area (TPSA) is 3.24 Å². The van der Waals surface area contributed by atoms with Gasteiger partial charge in [-0.1, -0.05) is 61.5 Å². The molecular weight excluding hydrogens is 266 g/mol. The minimum Gasteiger partial charge on any atom is -0.296 e. The number of benzene rings is 2. The summed E-state index contributed by atoms with van der Waals surface area (Å²) in [6, 6.07) is 21.0. The Labute approximate surface area is 134 Å². The van der Waals surface area contributed by atoms with Crippen LogP contribution in [0.4, 0.5) is 0 Å². The maximum absolute atomic E-state index is 2.75. The predicted molar refractivity (Wildman–Crippen MR) is 92.1 cm³/mol. The Morgan fingerprint density at radius 2 is 1.68 bits per heavy atom. The summed E-state index contributed by atoms with van der Waals surface area (Å²) in [4.78, 5) is 2.75. The molecule has 1 heteroatoms. The van der Waals surface area contributed by atoms with Gasteiger partial charge in [-0.05, 0) is 55.0 Å². The van der Waals surface area contributed by atoms with Crippen LogP contribution in [0.15, 0.2) is 54.6 Å². The fourth-order valence-electron chi connectivity index (χ4n) is 4.79. The van der Waals surface area contributed by atoms with Crippen molar-refractivity contribution < 1.29 is 0 Å². The smallest absolute Gasteiger partial charge is 0.0388 e. The second-order valence-corrected chi connectivity index (χ2v) is 6.80. The zero-order valence-corrected chi connectivity index (χ0v) is 13.4. The highest BCUT2D eigenvalue weighted by atomic mass is 15.2. The van der Waals surface area contributed by atoms with Gasteiger partial charge in [0.15, 0.2) is 0 Å². The predicted octanol–water partition coefficient (Wildman–Crippen LogP) is 5.00. The lowest BCUT2D eigenvalue weighted by Crippen LogP contribution is -2.38. The largest absolute Gasteiger partial charge is 0.296 e. The van der Waals surface area contributed by atoms with Crippen LogP contribution in [0.5, 0.6) is 0 Å². The van der Waals surface area contributed by atoms with Crippen LogP contribution < -0.4 is 0 Å². The van der Waals surface area contributed by atoms with E-state index in [2.05, 4.69) is 66.4 Å². The summed E-state index contributed by atoms with van der Waals surface area (Å²) in [5.41, 5.74) is 4.67. The summed E-state index contributed by atoms with van der Waals surface area (Å²) in [6.07, 6.45) is 3.96. The van der Waals surface area contributed by atoms with Gasteiger partial charge in [-0.25, -0.2) is 0 Å². The van der Waals surface area contributed by atoms with Crippen molar-refractivity contribution in [3.05, 3.63) is 71.3 Å². The Hall–Kier alpha value is -1.60. The summed E-state index contributed by atoms with van der Waals surface area (Å²) >= 11 is 0. The number of rotatable bonds is 3. The molecule has 1 fully saturated rings. The van der Waals surface area contributed by atoms with Crippen molar-refractivity contribution in [2.75, 3.05) is 13.1 Å². The Kier molecular flexibility index (Phi) is 3.75. The van der Waals surface area contributed by atoms with E-state index in [-0.39, 0.29) is 0 Å². The first-order valence-electron chi connectivity index (χ1n) is 8.78. The number of piperidine rings is 1. The van der Waals surface area contributed by atoms with Gasteiger partial charge in [0.1, 0.15) is 0 Å². The molecule has 22 heavy (non-hydrogen) atoms. The Bertz CT molecular complexity index is 631. The maximum Gasteiger partial charge on any atom is 0.0388 e. The van der Waals surface area contributed by atoms with Crippen molar-refractivity contribution in [2.45, 2.75) is 38.1 Å².